The first-order valence-electron chi connectivity index (χ1n) is 5.64. The van der Waals surface area contributed by atoms with Crippen molar-refractivity contribution in [1.82, 2.24) is 5.32 Å². The molecule has 0 saturated heterocycles. The highest BCUT2D eigenvalue weighted by molar-refractivity contribution is 4.96. The summed E-state index contributed by atoms with van der Waals surface area (Å²) in [6.07, 6.45) is 8.92. The van der Waals surface area contributed by atoms with Crippen LogP contribution in [0.3, 0.4) is 0 Å². The van der Waals surface area contributed by atoms with Crippen molar-refractivity contribution >= 4 is 0 Å². The molecule has 1 aliphatic carbocycles. The maximum Gasteiger partial charge on any atom is 0.193 e. The topological polar surface area (TPSA) is 26.2 Å². The summed E-state index contributed by atoms with van der Waals surface area (Å²) in [4.78, 5) is 3.25. The van der Waals surface area contributed by atoms with Gasteiger partial charge in [0.15, 0.2) is 11.9 Å². The Bertz CT molecular complexity index is 252. The molecular weight excluding hydrogens is 172 g/mol. The lowest BCUT2D eigenvalue weighted by Gasteiger charge is -2.21. The molecule has 1 saturated carbocycles. The molecule has 0 unspecified atom stereocenters. The zero-order chi connectivity index (χ0) is 9.64. The van der Waals surface area contributed by atoms with Gasteiger partial charge in [-0.2, -0.15) is 0 Å². The number of aromatic nitrogens is 1. The van der Waals surface area contributed by atoms with Crippen molar-refractivity contribution in [3.05, 3.63) is 30.1 Å². The summed E-state index contributed by atoms with van der Waals surface area (Å²) < 4.78 is 0. The van der Waals surface area contributed by atoms with E-state index in [1.54, 1.807) is 0 Å². The number of hydrogen-bond acceptors (Lipinski definition) is 1. The summed E-state index contributed by atoms with van der Waals surface area (Å²) in [5.74, 6) is 0. The SMILES string of the molecule is c1ccc(CNC2CCCCC2)[nH+]c1. The van der Waals surface area contributed by atoms with Crippen LogP contribution in [0, 0.1) is 0 Å². The summed E-state index contributed by atoms with van der Waals surface area (Å²) in [7, 11) is 0. The van der Waals surface area contributed by atoms with E-state index >= 15 is 0 Å². The molecule has 0 radical (unpaired) electrons. The largest absolute Gasteiger partial charge is 0.305 e. The Morgan fingerprint density at radius 2 is 2.07 bits per heavy atom. The third kappa shape index (κ3) is 2.81. The van der Waals surface area contributed by atoms with Gasteiger partial charge in [0.25, 0.3) is 0 Å². The number of H-pyrrole nitrogens is 1. The number of pyridine rings is 1. The number of nitrogens with one attached hydrogen (secondary N) is 2. The van der Waals surface area contributed by atoms with Crippen molar-refractivity contribution in [3.63, 3.8) is 0 Å². The Morgan fingerprint density at radius 3 is 2.79 bits per heavy atom. The summed E-state index contributed by atoms with van der Waals surface area (Å²) in [5.41, 5.74) is 1.28. The van der Waals surface area contributed by atoms with Crippen LogP contribution in [0.15, 0.2) is 24.4 Å². The van der Waals surface area contributed by atoms with Gasteiger partial charge in [0.2, 0.25) is 0 Å². The highest BCUT2D eigenvalue weighted by atomic mass is 14.9. The van der Waals surface area contributed by atoms with Crippen LogP contribution in [0.4, 0.5) is 0 Å². The molecule has 0 spiro atoms. The van der Waals surface area contributed by atoms with E-state index in [4.69, 9.17) is 0 Å². The predicted molar refractivity (Wildman–Crippen MR) is 56.7 cm³/mol. The van der Waals surface area contributed by atoms with Crippen LogP contribution >= 0.6 is 0 Å². The van der Waals surface area contributed by atoms with Crippen molar-refractivity contribution in [3.8, 4) is 0 Å². The molecule has 1 aromatic heterocycles. The first-order chi connectivity index (χ1) is 6.95. The summed E-state index contributed by atoms with van der Waals surface area (Å²) >= 11 is 0. The third-order valence-corrected chi connectivity index (χ3v) is 2.96. The zero-order valence-electron chi connectivity index (χ0n) is 8.63. The Kier molecular flexibility index (Phi) is 3.52. The molecule has 1 aromatic rings. The van der Waals surface area contributed by atoms with E-state index in [2.05, 4.69) is 22.4 Å². The van der Waals surface area contributed by atoms with E-state index in [9.17, 15) is 0 Å². The second-order valence-corrected chi connectivity index (χ2v) is 4.10. The van der Waals surface area contributed by atoms with Crippen LogP contribution in [0.5, 0.6) is 0 Å². The van der Waals surface area contributed by atoms with Crippen LogP contribution in [0.2, 0.25) is 0 Å². The van der Waals surface area contributed by atoms with Gasteiger partial charge in [-0.05, 0) is 12.8 Å². The van der Waals surface area contributed by atoms with Crippen LogP contribution in [-0.4, -0.2) is 6.04 Å². The number of rotatable bonds is 3. The predicted octanol–water partition coefficient (Wildman–Crippen LogP) is 1.92. The molecule has 1 heterocycles. The average Bonchev–Trinajstić information content (AvgIpc) is 2.29. The van der Waals surface area contributed by atoms with Gasteiger partial charge in [-0.3, -0.25) is 0 Å². The minimum Gasteiger partial charge on any atom is -0.305 e. The van der Waals surface area contributed by atoms with Gasteiger partial charge in [0.05, 0.1) is 6.54 Å². The lowest BCUT2D eigenvalue weighted by Crippen LogP contribution is -2.32. The zero-order valence-corrected chi connectivity index (χ0v) is 8.63. The van der Waals surface area contributed by atoms with Crippen molar-refractivity contribution in [2.75, 3.05) is 0 Å². The quantitative estimate of drug-likeness (QED) is 0.776. The highest BCUT2D eigenvalue weighted by Gasteiger charge is 2.13. The maximum absolute atomic E-state index is 3.61. The van der Waals surface area contributed by atoms with E-state index in [0.717, 1.165) is 12.6 Å². The molecule has 2 heteroatoms. The second-order valence-electron chi connectivity index (χ2n) is 4.10. The Balaban J connectivity index is 1.76. The lowest BCUT2D eigenvalue weighted by atomic mass is 9.95. The van der Waals surface area contributed by atoms with Crippen molar-refractivity contribution in [2.24, 2.45) is 0 Å². The minimum atomic E-state index is 0.748. The Labute approximate surface area is 85.7 Å². The molecule has 2 rings (SSSR count). The second kappa shape index (κ2) is 5.11. The van der Waals surface area contributed by atoms with Crippen LogP contribution in [0.1, 0.15) is 37.8 Å². The molecular formula is C12H19N2+. The Morgan fingerprint density at radius 1 is 1.21 bits per heavy atom. The molecule has 76 valence electrons. The third-order valence-electron chi connectivity index (χ3n) is 2.96. The fourth-order valence-corrected chi connectivity index (χ4v) is 2.10. The van der Waals surface area contributed by atoms with Crippen molar-refractivity contribution < 1.29 is 4.98 Å². The van der Waals surface area contributed by atoms with Crippen molar-refractivity contribution in [1.29, 1.82) is 0 Å². The van der Waals surface area contributed by atoms with Crippen molar-refractivity contribution in [2.45, 2.75) is 44.7 Å². The standard InChI is InChI=1S/C12H18N2/c1-2-6-11(7-3-1)14-10-12-8-4-5-9-13-12/h4-5,8-9,11,14H,1-3,6-7,10H2/p+1. The average molecular weight is 191 g/mol. The first kappa shape index (κ1) is 9.66. The molecule has 2 nitrogen and oxygen atoms in total. The van der Waals surface area contributed by atoms with Gasteiger partial charge in [-0.25, -0.2) is 4.98 Å². The van der Waals surface area contributed by atoms with E-state index in [1.165, 1.54) is 37.8 Å². The molecule has 0 amide bonds. The molecule has 0 aliphatic heterocycles. The monoisotopic (exact) mass is 191 g/mol. The minimum absolute atomic E-state index is 0.748. The summed E-state index contributed by atoms with van der Waals surface area (Å²) in [5, 5.41) is 3.61. The van der Waals surface area contributed by atoms with Gasteiger partial charge in [0, 0.05) is 18.2 Å². The smallest absolute Gasteiger partial charge is 0.193 e. The molecule has 1 fully saturated rings. The van der Waals surface area contributed by atoms with E-state index in [-0.39, 0.29) is 0 Å². The van der Waals surface area contributed by atoms with Crippen LogP contribution in [0.25, 0.3) is 0 Å². The van der Waals surface area contributed by atoms with Gasteiger partial charge in [0.1, 0.15) is 0 Å². The van der Waals surface area contributed by atoms with Gasteiger partial charge in [-0.15, -0.1) is 0 Å². The number of hydrogen-bond donors (Lipinski definition) is 1. The molecule has 1 aliphatic rings. The first-order valence-corrected chi connectivity index (χ1v) is 5.64. The lowest BCUT2D eigenvalue weighted by molar-refractivity contribution is -0.391. The summed E-state index contributed by atoms with van der Waals surface area (Å²) in [6.45, 7) is 0.978. The normalized spacial score (nSPS) is 18.3. The molecule has 0 bridgehead atoms. The summed E-state index contributed by atoms with van der Waals surface area (Å²) in [6, 6.07) is 6.98. The molecule has 2 N–H and O–H groups in total. The molecule has 0 atom stereocenters. The Hall–Kier alpha value is -0.890. The highest BCUT2D eigenvalue weighted by Crippen LogP contribution is 2.17. The van der Waals surface area contributed by atoms with E-state index in [0.29, 0.717) is 0 Å². The van der Waals surface area contributed by atoms with Gasteiger partial charge < -0.3 is 5.32 Å². The fraction of sp³-hybridized carbons (Fsp3) is 0.583. The van der Waals surface area contributed by atoms with Gasteiger partial charge >= 0.3 is 0 Å². The number of aromatic amines is 1. The van der Waals surface area contributed by atoms with E-state index in [1.807, 2.05) is 12.3 Å². The molecule has 14 heavy (non-hydrogen) atoms. The van der Waals surface area contributed by atoms with Crippen LogP contribution in [-0.2, 0) is 6.54 Å². The van der Waals surface area contributed by atoms with Crippen LogP contribution < -0.4 is 10.3 Å². The fourth-order valence-electron chi connectivity index (χ4n) is 2.10. The van der Waals surface area contributed by atoms with E-state index < -0.39 is 0 Å². The van der Waals surface area contributed by atoms with Gasteiger partial charge in [-0.1, -0.05) is 25.3 Å². The molecule has 0 aromatic carbocycles. The maximum atomic E-state index is 3.61.